The number of esters is 1. The van der Waals surface area contributed by atoms with Crippen LogP contribution in [0.3, 0.4) is 0 Å². The van der Waals surface area contributed by atoms with Crippen LogP contribution in [0.25, 0.3) is 0 Å². The highest BCUT2D eigenvalue weighted by atomic mass is 35.5. The van der Waals surface area contributed by atoms with Gasteiger partial charge in [0, 0.05) is 29.3 Å². The summed E-state index contributed by atoms with van der Waals surface area (Å²) in [6.07, 6.45) is 18.3. The molecule has 2 rings (SSSR count). The molecule has 1 amide bonds. The van der Waals surface area contributed by atoms with Crippen molar-refractivity contribution in [1.82, 2.24) is 5.32 Å². The van der Waals surface area contributed by atoms with Crippen molar-refractivity contribution in [3.05, 3.63) is 69.7 Å². The molecule has 170 valence electrons. The fourth-order valence-corrected chi connectivity index (χ4v) is 4.15. The molecule has 0 spiro atoms. The zero-order chi connectivity index (χ0) is 23.2. The SMILES string of the molecule is CCCC(CNC(=O)/C(=C/C1=CC(Cl)=CC=CC1)CSC1=CC=CCC#C1)C(=O)OCC. The quantitative estimate of drug-likeness (QED) is 0.242. The molecule has 0 radical (unpaired) electrons. The summed E-state index contributed by atoms with van der Waals surface area (Å²) < 4.78 is 5.16. The largest absolute Gasteiger partial charge is 0.466 e. The number of carbonyl (C=O) groups is 2. The van der Waals surface area contributed by atoms with E-state index in [2.05, 4.69) is 17.2 Å². The molecule has 2 aliphatic rings. The molecule has 1 atom stereocenters. The van der Waals surface area contributed by atoms with Gasteiger partial charge in [-0.15, -0.1) is 11.8 Å². The second kappa shape index (κ2) is 14.6. The van der Waals surface area contributed by atoms with Gasteiger partial charge in [-0.2, -0.15) is 0 Å². The third-order valence-electron chi connectivity index (χ3n) is 4.68. The van der Waals surface area contributed by atoms with Gasteiger partial charge in [0.15, 0.2) is 0 Å². The molecule has 2 aliphatic carbocycles. The van der Waals surface area contributed by atoms with Gasteiger partial charge in [0.25, 0.3) is 0 Å². The van der Waals surface area contributed by atoms with Crippen LogP contribution in [0.2, 0.25) is 0 Å². The van der Waals surface area contributed by atoms with E-state index in [9.17, 15) is 9.59 Å². The molecule has 0 heterocycles. The van der Waals surface area contributed by atoms with Crippen molar-refractivity contribution in [3.8, 4) is 11.8 Å². The Morgan fingerprint density at radius 1 is 1.28 bits per heavy atom. The van der Waals surface area contributed by atoms with Gasteiger partial charge in [0.2, 0.25) is 5.91 Å². The first kappa shape index (κ1) is 25.8. The van der Waals surface area contributed by atoms with Crippen LogP contribution in [0.1, 0.15) is 39.5 Å². The number of thioether (sulfide) groups is 1. The third kappa shape index (κ3) is 9.38. The maximum absolute atomic E-state index is 13.1. The minimum absolute atomic E-state index is 0.199. The van der Waals surface area contributed by atoms with Crippen molar-refractivity contribution in [2.24, 2.45) is 5.92 Å². The normalized spacial score (nSPS) is 16.5. The Morgan fingerprint density at radius 2 is 2.09 bits per heavy atom. The van der Waals surface area contributed by atoms with Crippen LogP contribution in [-0.4, -0.2) is 30.8 Å². The molecule has 0 bridgehead atoms. The molecule has 6 heteroatoms. The zero-order valence-corrected chi connectivity index (χ0v) is 20.2. The lowest BCUT2D eigenvalue weighted by Gasteiger charge is -2.16. The number of allylic oxidation sites excluding steroid dienone is 11. The van der Waals surface area contributed by atoms with Crippen molar-refractivity contribution >= 4 is 35.2 Å². The van der Waals surface area contributed by atoms with Crippen molar-refractivity contribution in [3.63, 3.8) is 0 Å². The van der Waals surface area contributed by atoms with Crippen LogP contribution < -0.4 is 5.32 Å². The molecule has 0 fully saturated rings. The first-order valence-corrected chi connectivity index (χ1v) is 12.3. The molecule has 0 aliphatic heterocycles. The highest BCUT2D eigenvalue weighted by Crippen LogP contribution is 2.23. The molecular formula is C26H30ClNO3S. The summed E-state index contributed by atoms with van der Waals surface area (Å²) in [4.78, 5) is 26.2. The van der Waals surface area contributed by atoms with Crippen LogP contribution in [0.15, 0.2) is 69.7 Å². The summed E-state index contributed by atoms with van der Waals surface area (Å²) in [5.41, 5.74) is 1.55. The highest BCUT2D eigenvalue weighted by molar-refractivity contribution is 8.03. The Kier molecular flexibility index (Phi) is 11.8. The van der Waals surface area contributed by atoms with E-state index in [1.165, 1.54) is 11.8 Å². The van der Waals surface area contributed by atoms with Gasteiger partial charge in [-0.1, -0.05) is 61.1 Å². The Labute approximate surface area is 200 Å². The molecule has 0 aromatic heterocycles. The van der Waals surface area contributed by atoms with E-state index in [4.69, 9.17) is 16.3 Å². The summed E-state index contributed by atoms with van der Waals surface area (Å²) in [6.45, 7) is 4.37. The van der Waals surface area contributed by atoms with E-state index in [1.807, 2.05) is 55.5 Å². The third-order valence-corrected chi connectivity index (χ3v) is 5.92. The Bertz CT molecular complexity index is 928. The van der Waals surface area contributed by atoms with Crippen molar-refractivity contribution in [2.45, 2.75) is 39.5 Å². The molecule has 32 heavy (non-hydrogen) atoms. The number of nitrogens with one attached hydrogen (secondary N) is 1. The molecule has 4 nitrogen and oxygen atoms in total. The van der Waals surface area contributed by atoms with Gasteiger partial charge in [-0.05, 0) is 49.6 Å². The lowest BCUT2D eigenvalue weighted by molar-refractivity contribution is -0.148. The Balaban J connectivity index is 2.16. The van der Waals surface area contributed by atoms with Gasteiger partial charge in [0.1, 0.15) is 0 Å². The smallest absolute Gasteiger partial charge is 0.310 e. The van der Waals surface area contributed by atoms with E-state index < -0.39 is 0 Å². The topological polar surface area (TPSA) is 55.4 Å². The molecule has 0 aromatic carbocycles. The maximum atomic E-state index is 13.1. The van der Waals surface area contributed by atoms with Crippen LogP contribution >= 0.6 is 23.4 Å². The summed E-state index contributed by atoms with van der Waals surface area (Å²) in [5.74, 6) is 5.85. The average Bonchev–Trinajstić information content (AvgIpc) is 3.16. The molecule has 0 saturated heterocycles. The second-order valence-corrected chi connectivity index (χ2v) is 8.73. The minimum atomic E-state index is -0.351. The van der Waals surface area contributed by atoms with Gasteiger partial charge in [-0.25, -0.2) is 0 Å². The average molecular weight is 472 g/mol. The van der Waals surface area contributed by atoms with E-state index in [0.717, 1.165) is 23.3 Å². The number of hydrogen-bond acceptors (Lipinski definition) is 4. The van der Waals surface area contributed by atoms with Crippen molar-refractivity contribution < 1.29 is 14.3 Å². The van der Waals surface area contributed by atoms with Crippen molar-refractivity contribution in [2.75, 3.05) is 18.9 Å². The molecule has 0 aromatic rings. The monoisotopic (exact) mass is 471 g/mol. The van der Waals surface area contributed by atoms with Crippen LogP contribution in [-0.2, 0) is 14.3 Å². The number of ether oxygens (including phenoxy) is 1. The van der Waals surface area contributed by atoms with E-state index in [0.29, 0.717) is 35.8 Å². The Hall–Kier alpha value is -2.42. The first-order valence-electron chi connectivity index (χ1n) is 10.9. The fraction of sp³-hybridized carbons (Fsp3) is 0.385. The van der Waals surface area contributed by atoms with Gasteiger partial charge < -0.3 is 10.1 Å². The van der Waals surface area contributed by atoms with Crippen molar-refractivity contribution in [1.29, 1.82) is 0 Å². The second-order valence-electron chi connectivity index (χ2n) is 7.27. The molecule has 1 N–H and O–H groups in total. The molecule has 1 unspecified atom stereocenters. The van der Waals surface area contributed by atoms with Gasteiger partial charge in [-0.3, -0.25) is 9.59 Å². The number of carbonyl (C=O) groups excluding carboxylic acids is 2. The summed E-state index contributed by atoms with van der Waals surface area (Å²) in [5, 5.41) is 3.56. The van der Waals surface area contributed by atoms with E-state index >= 15 is 0 Å². The molecule has 0 saturated carbocycles. The van der Waals surface area contributed by atoms with E-state index in [1.54, 1.807) is 6.92 Å². The first-order chi connectivity index (χ1) is 15.5. The van der Waals surface area contributed by atoms with Crippen LogP contribution in [0.5, 0.6) is 0 Å². The summed E-state index contributed by atoms with van der Waals surface area (Å²) >= 11 is 7.73. The van der Waals surface area contributed by atoms with Crippen LogP contribution in [0.4, 0.5) is 0 Å². The van der Waals surface area contributed by atoms with Gasteiger partial charge in [0.05, 0.1) is 17.4 Å². The molecular weight excluding hydrogens is 442 g/mol. The number of hydrogen-bond donors (Lipinski definition) is 1. The summed E-state index contributed by atoms with van der Waals surface area (Å²) in [7, 11) is 0. The Morgan fingerprint density at radius 3 is 2.88 bits per heavy atom. The minimum Gasteiger partial charge on any atom is -0.466 e. The summed E-state index contributed by atoms with van der Waals surface area (Å²) in [6, 6.07) is 0. The number of rotatable bonds is 11. The zero-order valence-electron chi connectivity index (χ0n) is 18.7. The van der Waals surface area contributed by atoms with E-state index in [-0.39, 0.29) is 24.3 Å². The predicted molar refractivity (Wildman–Crippen MR) is 134 cm³/mol. The van der Waals surface area contributed by atoms with Gasteiger partial charge >= 0.3 is 5.97 Å². The lowest BCUT2D eigenvalue weighted by Crippen LogP contribution is -2.35. The fourth-order valence-electron chi connectivity index (χ4n) is 3.09. The lowest BCUT2D eigenvalue weighted by atomic mass is 10.0. The number of amides is 1. The number of halogens is 1. The standard InChI is InChI=1S/C26H30ClNO3S/c1-3-11-21(26(30)31-4-2)18-28-25(29)22(16-20-12-9-10-13-23(27)17-20)19-32-24-14-7-5-6-8-15-24/h5,7,9-10,13-14,16-17,21H,3-4,6,11-12,18-19H2,1-2H3,(H,28,29)/b22-16+. The highest BCUT2D eigenvalue weighted by Gasteiger charge is 2.21. The van der Waals surface area contributed by atoms with Crippen LogP contribution in [0, 0.1) is 17.8 Å². The maximum Gasteiger partial charge on any atom is 0.310 e. The predicted octanol–water partition coefficient (Wildman–Crippen LogP) is 5.60.